The number of aryl methyl sites for hydroxylation is 1. The zero-order chi connectivity index (χ0) is 12.4. The molecule has 1 aliphatic heterocycles. The Kier molecular flexibility index (Phi) is 3.10. The van der Waals surface area contributed by atoms with E-state index in [2.05, 4.69) is 16.5 Å². The van der Waals surface area contributed by atoms with Crippen LogP contribution in [-0.4, -0.2) is 40.9 Å². The number of hydrogen-bond acceptors (Lipinski definition) is 4. The third-order valence-corrected chi connectivity index (χ3v) is 2.52. The van der Waals surface area contributed by atoms with Crippen LogP contribution in [0.25, 0.3) is 0 Å². The van der Waals surface area contributed by atoms with E-state index in [0.717, 1.165) is 6.42 Å². The van der Waals surface area contributed by atoms with Gasteiger partial charge in [-0.2, -0.15) is 5.10 Å². The van der Waals surface area contributed by atoms with Crippen molar-refractivity contribution in [2.75, 3.05) is 13.2 Å². The number of amides is 2. The maximum absolute atomic E-state index is 11.8. The van der Waals surface area contributed by atoms with Crippen LogP contribution in [0.2, 0.25) is 0 Å². The zero-order valence-corrected chi connectivity index (χ0v) is 9.40. The van der Waals surface area contributed by atoms with Crippen molar-refractivity contribution in [1.29, 1.82) is 0 Å². The largest absolute Gasteiger partial charge is 0.379 e. The third kappa shape index (κ3) is 2.44. The number of carbonyl (C=O) groups excluding carboxylic acids is 2. The van der Waals surface area contributed by atoms with Gasteiger partial charge in [0.1, 0.15) is 5.69 Å². The molecule has 1 saturated heterocycles. The van der Waals surface area contributed by atoms with Crippen LogP contribution in [0.15, 0.2) is 0 Å². The molecule has 7 nitrogen and oxygen atoms in total. The fraction of sp³-hybridized carbons (Fsp3) is 0.500. The van der Waals surface area contributed by atoms with E-state index in [1.54, 1.807) is 7.05 Å². The van der Waals surface area contributed by atoms with E-state index < -0.39 is 5.91 Å². The highest BCUT2D eigenvalue weighted by molar-refractivity contribution is 5.96. The van der Waals surface area contributed by atoms with E-state index in [4.69, 9.17) is 10.5 Å². The molecule has 0 aliphatic carbocycles. The quantitative estimate of drug-likeness (QED) is 0.692. The SMILES string of the molecule is Cn1nc(C(N)=O)[c]c1C(=O)NC1CCOC1. The summed E-state index contributed by atoms with van der Waals surface area (Å²) in [5, 5.41) is 6.58. The van der Waals surface area contributed by atoms with Gasteiger partial charge in [-0.05, 0) is 6.42 Å². The zero-order valence-electron chi connectivity index (χ0n) is 9.40. The highest BCUT2D eigenvalue weighted by atomic mass is 16.5. The number of hydrogen-bond donors (Lipinski definition) is 2. The van der Waals surface area contributed by atoms with Gasteiger partial charge in [0.2, 0.25) is 0 Å². The summed E-state index contributed by atoms with van der Waals surface area (Å²) in [4.78, 5) is 22.7. The summed E-state index contributed by atoms with van der Waals surface area (Å²) in [6.45, 7) is 1.15. The van der Waals surface area contributed by atoms with Crippen molar-refractivity contribution in [2.24, 2.45) is 12.8 Å². The van der Waals surface area contributed by atoms with Gasteiger partial charge in [0.05, 0.1) is 18.7 Å². The molecule has 2 amide bonds. The first-order valence-electron chi connectivity index (χ1n) is 5.22. The van der Waals surface area contributed by atoms with Gasteiger partial charge in [0.25, 0.3) is 11.8 Å². The monoisotopic (exact) mass is 237 g/mol. The average Bonchev–Trinajstić information content (AvgIpc) is 2.86. The van der Waals surface area contributed by atoms with Gasteiger partial charge in [-0.3, -0.25) is 14.3 Å². The second kappa shape index (κ2) is 4.54. The van der Waals surface area contributed by atoms with E-state index in [1.807, 2.05) is 0 Å². The van der Waals surface area contributed by atoms with Gasteiger partial charge in [-0.25, -0.2) is 0 Å². The molecule has 1 aromatic rings. The molecule has 1 unspecified atom stereocenters. The molecule has 1 aliphatic rings. The van der Waals surface area contributed by atoms with E-state index in [0.29, 0.717) is 13.2 Å². The van der Waals surface area contributed by atoms with Gasteiger partial charge in [-0.15, -0.1) is 0 Å². The number of aromatic nitrogens is 2. The van der Waals surface area contributed by atoms with Crippen molar-refractivity contribution >= 4 is 11.8 Å². The summed E-state index contributed by atoms with van der Waals surface area (Å²) in [7, 11) is 1.56. The smallest absolute Gasteiger partial charge is 0.270 e. The molecule has 17 heavy (non-hydrogen) atoms. The van der Waals surface area contributed by atoms with Crippen LogP contribution in [-0.2, 0) is 11.8 Å². The molecule has 3 N–H and O–H groups in total. The minimum absolute atomic E-state index is 0.00262. The molecule has 1 fully saturated rings. The van der Waals surface area contributed by atoms with Crippen LogP contribution < -0.4 is 11.1 Å². The molecule has 2 heterocycles. The van der Waals surface area contributed by atoms with Crippen molar-refractivity contribution < 1.29 is 14.3 Å². The Balaban J connectivity index is 2.10. The van der Waals surface area contributed by atoms with Crippen LogP contribution >= 0.6 is 0 Å². The molecule has 2 rings (SSSR count). The van der Waals surface area contributed by atoms with Crippen molar-refractivity contribution in [2.45, 2.75) is 12.5 Å². The van der Waals surface area contributed by atoms with Gasteiger partial charge in [-0.1, -0.05) is 0 Å². The number of nitrogens with zero attached hydrogens (tertiary/aromatic N) is 2. The summed E-state index contributed by atoms with van der Waals surface area (Å²) in [5.41, 5.74) is 5.21. The van der Waals surface area contributed by atoms with Crippen LogP contribution in [0.4, 0.5) is 0 Å². The van der Waals surface area contributed by atoms with Crippen LogP contribution in [0.3, 0.4) is 0 Å². The Morgan fingerprint density at radius 2 is 2.41 bits per heavy atom. The number of rotatable bonds is 3. The third-order valence-electron chi connectivity index (χ3n) is 2.52. The standard InChI is InChI=1S/C10H13N4O3/c1-14-8(4-7(13-14)9(11)15)10(16)12-6-2-3-17-5-6/h6H,2-3,5H2,1H3,(H2,11,15)(H,12,16). The Labute approximate surface area is 97.9 Å². The number of nitrogens with two attached hydrogens (primary N) is 1. The highest BCUT2D eigenvalue weighted by Gasteiger charge is 2.22. The van der Waals surface area contributed by atoms with E-state index >= 15 is 0 Å². The molecular weight excluding hydrogens is 224 g/mol. The van der Waals surface area contributed by atoms with E-state index in [1.165, 1.54) is 4.68 Å². The minimum atomic E-state index is -0.705. The maximum Gasteiger partial charge on any atom is 0.270 e. The summed E-state index contributed by atoms with van der Waals surface area (Å²) >= 11 is 0. The predicted molar refractivity (Wildman–Crippen MR) is 57.3 cm³/mol. The normalized spacial score (nSPS) is 19.2. The fourth-order valence-corrected chi connectivity index (χ4v) is 1.63. The molecular formula is C10H13N4O3. The van der Waals surface area contributed by atoms with Gasteiger partial charge in [0, 0.05) is 13.7 Å². The summed E-state index contributed by atoms with van der Waals surface area (Å²) in [6, 6.07) is 2.58. The van der Waals surface area contributed by atoms with Crippen LogP contribution in [0.1, 0.15) is 27.4 Å². The van der Waals surface area contributed by atoms with Crippen molar-refractivity contribution in [3.05, 3.63) is 17.5 Å². The topological polar surface area (TPSA) is 99.2 Å². The summed E-state index contributed by atoms with van der Waals surface area (Å²) in [6.07, 6.45) is 0.784. The second-order valence-electron chi connectivity index (χ2n) is 3.84. The summed E-state index contributed by atoms with van der Waals surface area (Å²) in [5.74, 6) is -1.04. The van der Waals surface area contributed by atoms with Crippen molar-refractivity contribution in [3.63, 3.8) is 0 Å². The Morgan fingerprint density at radius 1 is 1.65 bits per heavy atom. The molecule has 0 bridgehead atoms. The average molecular weight is 237 g/mol. The molecule has 7 heteroatoms. The number of primary amides is 1. The number of ether oxygens (including phenoxy) is 1. The molecule has 1 radical (unpaired) electrons. The fourth-order valence-electron chi connectivity index (χ4n) is 1.63. The first-order valence-corrected chi connectivity index (χ1v) is 5.22. The maximum atomic E-state index is 11.8. The molecule has 0 spiro atoms. The van der Waals surface area contributed by atoms with E-state index in [9.17, 15) is 9.59 Å². The number of carbonyl (C=O) groups is 2. The van der Waals surface area contributed by atoms with Crippen molar-refractivity contribution in [3.8, 4) is 0 Å². The van der Waals surface area contributed by atoms with Crippen LogP contribution in [0, 0.1) is 6.07 Å². The van der Waals surface area contributed by atoms with E-state index in [-0.39, 0.29) is 23.3 Å². The molecule has 0 aromatic carbocycles. The highest BCUT2D eigenvalue weighted by Crippen LogP contribution is 2.06. The predicted octanol–water partition coefficient (Wildman–Crippen LogP) is -1.16. The lowest BCUT2D eigenvalue weighted by Crippen LogP contribution is -2.36. The Hall–Kier alpha value is -1.89. The molecule has 1 atom stereocenters. The minimum Gasteiger partial charge on any atom is -0.379 e. The molecule has 0 saturated carbocycles. The van der Waals surface area contributed by atoms with Gasteiger partial charge < -0.3 is 15.8 Å². The number of nitrogens with one attached hydrogen (secondary N) is 1. The Morgan fingerprint density at radius 3 is 2.94 bits per heavy atom. The first-order chi connectivity index (χ1) is 8.08. The molecule has 91 valence electrons. The lowest BCUT2D eigenvalue weighted by molar-refractivity contribution is 0.0919. The second-order valence-corrected chi connectivity index (χ2v) is 3.84. The molecule has 1 aromatic heterocycles. The Bertz CT molecular complexity index is 448. The lowest BCUT2D eigenvalue weighted by Gasteiger charge is -2.09. The van der Waals surface area contributed by atoms with Gasteiger partial charge in [0.15, 0.2) is 5.69 Å². The summed E-state index contributed by atoms with van der Waals surface area (Å²) < 4.78 is 6.43. The van der Waals surface area contributed by atoms with Crippen LogP contribution in [0.5, 0.6) is 0 Å². The lowest BCUT2D eigenvalue weighted by atomic mass is 10.2. The van der Waals surface area contributed by atoms with Crippen molar-refractivity contribution in [1.82, 2.24) is 15.1 Å². The first kappa shape index (κ1) is 11.6. The van der Waals surface area contributed by atoms with Gasteiger partial charge >= 0.3 is 0 Å².